The van der Waals surface area contributed by atoms with Gasteiger partial charge >= 0.3 is 6.55 Å². The minimum atomic E-state index is -4.62. The predicted molar refractivity (Wildman–Crippen MR) is 104 cm³/mol. The van der Waals surface area contributed by atoms with Gasteiger partial charge in [-0.3, -0.25) is 4.79 Å². The summed E-state index contributed by atoms with van der Waals surface area (Å²) in [6, 6.07) is 8.78. The first-order chi connectivity index (χ1) is 14.1. The Hall–Kier alpha value is -2.89. The van der Waals surface area contributed by atoms with Crippen LogP contribution in [0.3, 0.4) is 0 Å². The summed E-state index contributed by atoms with van der Waals surface area (Å²) in [4.78, 5) is 11.3. The highest BCUT2D eigenvalue weighted by atomic mass is 35.5. The molecule has 1 aromatic heterocycles. The van der Waals surface area contributed by atoms with E-state index in [4.69, 9.17) is 16.7 Å². The predicted octanol–water partition coefficient (Wildman–Crippen LogP) is 3.57. The quantitative estimate of drug-likeness (QED) is 0.588. The van der Waals surface area contributed by atoms with E-state index in [0.29, 0.717) is 10.6 Å². The third kappa shape index (κ3) is 4.64. The van der Waals surface area contributed by atoms with Crippen LogP contribution in [0.4, 0.5) is 18.9 Å². The summed E-state index contributed by atoms with van der Waals surface area (Å²) in [5, 5.41) is 11.1. The molecule has 0 fully saturated rings. The maximum absolute atomic E-state index is 15.0. The lowest BCUT2D eigenvalue weighted by atomic mass is 10.1. The Labute approximate surface area is 174 Å². The van der Waals surface area contributed by atoms with Crippen molar-refractivity contribution in [1.82, 2.24) is 9.78 Å². The summed E-state index contributed by atoms with van der Waals surface area (Å²) < 4.78 is 64.8. The Bertz CT molecular complexity index is 1220. The maximum Gasteiger partial charge on any atom is 0.333 e. The van der Waals surface area contributed by atoms with E-state index in [0.717, 1.165) is 24.5 Å². The van der Waals surface area contributed by atoms with Crippen LogP contribution in [0.5, 0.6) is 0 Å². The summed E-state index contributed by atoms with van der Waals surface area (Å²) in [6.07, 6.45) is 1.61. The first-order valence-electron chi connectivity index (χ1n) is 8.29. The van der Waals surface area contributed by atoms with Gasteiger partial charge in [0, 0.05) is 22.3 Å². The first-order valence-corrected chi connectivity index (χ1v) is 10.2. The number of anilines is 1. The molecule has 0 saturated carbocycles. The van der Waals surface area contributed by atoms with Gasteiger partial charge in [-0.2, -0.15) is 13.9 Å². The Morgan fingerprint density at radius 1 is 1.23 bits per heavy atom. The summed E-state index contributed by atoms with van der Waals surface area (Å²) in [5.74, 6) is -1.98. The third-order valence-corrected chi connectivity index (χ3v) is 5.41. The molecular weight excluding hydrogens is 445 g/mol. The number of alkyl halides is 2. The van der Waals surface area contributed by atoms with Crippen LogP contribution in [0.15, 0.2) is 53.7 Å². The number of nitrogens with two attached hydrogens (primary N) is 1. The van der Waals surface area contributed by atoms with Crippen LogP contribution >= 0.6 is 11.6 Å². The van der Waals surface area contributed by atoms with E-state index in [1.54, 1.807) is 24.3 Å². The summed E-state index contributed by atoms with van der Waals surface area (Å²) >= 11 is 5.99. The van der Waals surface area contributed by atoms with Crippen molar-refractivity contribution in [2.45, 2.75) is 17.9 Å². The van der Waals surface area contributed by atoms with Crippen LogP contribution in [0.1, 0.15) is 12.1 Å². The van der Waals surface area contributed by atoms with E-state index in [9.17, 15) is 26.4 Å². The zero-order chi connectivity index (χ0) is 22.1. The van der Waals surface area contributed by atoms with Crippen molar-refractivity contribution < 1.29 is 26.4 Å². The number of carbonyl (C=O) groups is 1. The fraction of sp³-hybridized carbons (Fsp3) is 0.111. The molecule has 0 radical (unpaired) electrons. The third-order valence-electron chi connectivity index (χ3n) is 4.08. The SMILES string of the molecule is NS(=O)(=O)c1c(-c2cnn(C(F)F)c2)ccc(NC(=O)Cc2ccccc2Cl)c1F. The number of halogens is 4. The molecule has 0 spiro atoms. The van der Waals surface area contributed by atoms with Crippen LogP contribution in [0.25, 0.3) is 11.1 Å². The van der Waals surface area contributed by atoms with Gasteiger partial charge in [-0.05, 0) is 17.7 Å². The molecule has 0 aliphatic rings. The number of hydrogen-bond donors (Lipinski definition) is 2. The minimum absolute atomic E-state index is 0.0906. The van der Waals surface area contributed by atoms with E-state index in [1.807, 2.05) is 0 Å². The molecule has 0 atom stereocenters. The van der Waals surface area contributed by atoms with Gasteiger partial charge in [-0.25, -0.2) is 22.6 Å². The fourth-order valence-electron chi connectivity index (χ4n) is 2.75. The second-order valence-corrected chi connectivity index (χ2v) is 8.06. The highest BCUT2D eigenvalue weighted by Gasteiger charge is 2.25. The molecule has 1 amide bonds. The van der Waals surface area contributed by atoms with E-state index in [1.165, 1.54) is 0 Å². The van der Waals surface area contributed by atoms with Gasteiger partial charge < -0.3 is 5.32 Å². The second-order valence-electron chi connectivity index (χ2n) is 6.15. The molecule has 12 heteroatoms. The standard InChI is InChI=1S/C18H14ClF3N4O3S/c19-13-4-2-1-3-10(13)7-15(27)25-14-6-5-12(17(16(14)20)30(23,28)29)11-8-24-26(9-11)18(21)22/h1-6,8-9,18H,7H2,(H,25,27)(H2,23,28,29). The molecule has 3 rings (SSSR count). The lowest BCUT2D eigenvalue weighted by Gasteiger charge is -2.13. The number of sulfonamides is 1. The molecule has 2 aromatic carbocycles. The molecule has 0 aliphatic carbocycles. The molecule has 158 valence electrons. The molecule has 0 unspecified atom stereocenters. The molecule has 7 nitrogen and oxygen atoms in total. The molecule has 3 aromatic rings. The number of nitrogens with one attached hydrogen (secondary N) is 1. The molecule has 3 N–H and O–H groups in total. The van der Waals surface area contributed by atoms with Crippen molar-refractivity contribution in [3.05, 3.63) is 65.2 Å². The van der Waals surface area contributed by atoms with Crippen molar-refractivity contribution in [1.29, 1.82) is 0 Å². The van der Waals surface area contributed by atoms with Gasteiger partial charge in [0.05, 0.1) is 18.3 Å². The van der Waals surface area contributed by atoms with Gasteiger partial charge in [-0.15, -0.1) is 0 Å². The van der Waals surface area contributed by atoms with Gasteiger partial charge in [-0.1, -0.05) is 35.9 Å². The van der Waals surface area contributed by atoms with Crippen LogP contribution < -0.4 is 10.5 Å². The van der Waals surface area contributed by atoms with E-state index >= 15 is 0 Å². The molecule has 1 heterocycles. The van der Waals surface area contributed by atoms with Crippen molar-refractivity contribution in [3.63, 3.8) is 0 Å². The van der Waals surface area contributed by atoms with Crippen LogP contribution in [-0.2, 0) is 21.2 Å². The number of hydrogen-bond acceptors (Lipinski definition) is 4. The number of carbonyl (C=O) groups excluding carboxylic acids is 1. The highest BCUT2D eigenvalue weighted by molar-refractivity contribution is 7.89. The number of primary sulfonamides is 1. The number of rotatable bonds is 6. The van der Waals surface area contributed by atoms with Crippen molar-refractivity contribution in [2.75, 3.05) is 5.32 Å². The van der Waals surface area contributed by atoms with Crippen LogP contribution in [0, 0.1) is 5.82 Å². The second kappa shape index (κ2) is 8.46. The van der Waals surface area contributed by atoms with Crippen molar-refractivity contribution in [2.24, 2.45) is 5.14 Å². The van der Waals surface area contributed by atoms with E-state index < -0.39 is 38.9 Å². The zero-order valence-corrected chi connectivity index (χ0v) is 16.6. The summed E-state index contributed by atoms with van der Waals surface area (Å²) in [7, 11) is -4.62. The molecule has 0 saturated heterocycles. The smallest absolute Gasteiger partial charge is 0.323 e. The molecule has 0 bridgehead atoms. The Morgan fingerprint density at radius 2 is 1.93 bits per heavy atom. The van der Waals surface area contributed by atoms with Gasteiger partial charge in [0.1, 0.15) is 4.90 Å². The maximum atomic E-state index is 15.0. The average molecular weight is 459 g/mol. The van der Waals surface area contributed by atoms with Gasteiger partial charge in [0.25, 0.3) is 0 Å². The van der Waals surface area contributed by atoms with Crippen molar-refractivity contribution >= 4 is 33.2 Å². The van der Waals surface area contributed by atoms with E-state index in [2.05, 4.69) is 10.4 Å². The number of nitrogens with zero attached hydrogens (tertiary/aromatic N) is 2. The Balaban J connectivity index is 1.97. The molecule has 30 heavy (non-hydrogen) atoms. The zero-order valence-electron chi connectivity index (χ0n) is 15.0. The van der Waals surface area contributed by atoms with Gasteiger partial charge in [0.15, 0.2) is 5.82 Å². The lowest BCUT2D eigenvalue weighted by Crippen LogP contribution is -2.19. The van der Waals surface area contributed by atoms with Crippen molar-refractivity contribution in [3.8, 4) is 11.1 Å². The lowest BCUT2D eigenvalue weighted by molar-refractivity contribution is -0.115. The Kier molecular flexibility index (Phi) is 6.15. The normalized spacial score (nSPS) is 11.7. The molecule has 0 aliphatic heterocycles. The monoisotopic (exact) mass is 458 g/mol. The Morgan fingerprint density at radius 3 is 2.53 bits per heavy atom. The van der Waals surface area contributed by atoms with Crippen LogP contribution in [-0.4, -0.2) is 24.1 Å². The first kappa shape index (κ1) is 21.8. The van der Waals surface area contributed by atoms with Gasteiger partial charge in [0.2, 0.25) is 15.9 Å². The number of amides is 1. The van der Waals surface area contributed by atoms with E-state index in [-0.39, 0.29) is 22.2 Å². The summed E-state index contributed by atoms with van der Waals surface area (Å²) in [6.45, 7) is -2.97. The largest absolute Gasteiger partial charge is 0.333 e. The minimum Gasteiger partial charge on any atom is -0.323 e. The number of benzene rings is 2. The summed E-state index contributed by atoms with van der Waals surface area (Å²) in [5.41, 5.74) is -0.320. The average Bonchev–Trinajstić information content (AvgIpc) is 3.14. The fourth-order valence-corrected chi connectivity index (χ4v) is 3.81. The topological polar surface area (TPSA) is 107 Å². The van der Waals surface area contributed by atoms with Crippen LogP contribution in [0.2, 0.25) is 5.02 Å². The number of aromatic nitrogens is 2. The molecular formula is C18H14ClF3N4O3S. The highest BCUT2D eigenvalue weighted by Crippen LogP contribution is 2.33.